The maximum absolute atomic E-state index is 11.7. The van der Waals surface area contributed by atoms with Crippen molar-refractivity contribution in [3.8, 4) is 18.4 Å². The number of hydrogen-bond acceptors (Lipinski definition) is 3. The highest BCUT2D eigenvalue weighted by atomic mass is 16.4. The Labute approximate surface area is 104 Å². The van der Waals surface area contributed by atoms with E-state index >= 15 is 0 Å². The summed E-state index contributed by atoms with van der Waals surface area (Å²) in [6.45, 7) is 0. The van der Waals surface area contributed by atoms with E-state index in [4.69, 9.17) is 16.8 Å². The van der Waals surface area contributed by atoms with E-state index in [1.54, 1.807) is 0 Å². The van der Waals surface area contributed by atoms with Crippen molar-refractivity contribution in [2.75, 3.05) is 0 Å². The lowest BCUT2D eigenvalue weighted by atomic mass is 10.1. The number of hydrogen-bond donors (Lipinski definition) is 2. The van der Waals surface area contributed by atoms with Crippen LogP contribution in [0, 0.1) is 23.7 Å². The molecule has 2 N–H and O–H groups in total. The van der Waals surface area contributed by atoms with E-state index in [0.717, 1.165) is 0 Å². The molecule has 0 spiro atoms. The number of aliphatic carboxylic acids is 1. The molecular weight excluding hydrogens is 232 g/mol. The van der Waals surface area contributed by atoms with Gasteiger partial charge in [0.2, 0.25) is 0 Å². The fourth-order valence-electron chi connectivity index (χ4n) is 1.26. The van der Waals surface area contributed by atoms with Gasteiger partial charge in [0.05, 0.1) is 11.6 Å². The van der Waals surface area contributed by atoms with E-state index in [1.165, 1.54) is 24.3 Å². The first-order chi connectivity index (χ1) is 8.58. The highest BCUT2D eigenvalue weighted by molar-refractivity contribution is 5.96. The standard InChI is InChI=1S/C13H10N2O3/c1-2-3-11(13(17)18)15-12(16)10-6-4-9(8-14)5-7-10/h1,4-7,11H,3H2,(H,15,16)(H,17,18). The van der Waals surface area contributed by atoms with Crippen molar-refractivity contribution in [2.45, 2.75) is 12.5 Å². The minimum atomic E-state index is -1.19. The largest absolute Gasteiger partial charge is 0.480 e. The van der Waals surface area contributed by atoms with Crippen LogP contribution in [0.25, 0.3) is 0 Å². The first-order valence-corrected chi connectivity index (χ1v) is 5.05. The highest BCUT2D eigenvalue weighted by Crippen LogP contribution is 2.04. The maximum Gasteiger partial charge on any atom is 0.327 e. The van der Waals surface area contributed by atoms with Gasteiger partial charge in [-0.25, -0.2) is 4.79 Å². The molecule has 0 bridgehead atoms. The average Bonchev–Trinajstić information content (AvgIpc) is 2.38. The van der Waals surface area contributed by atoms with Gasteiger partial charge in [-0.05, 0) is 24.3 Å². The molecule has 1 unspecified atom stereocenters. The van der Waals surface area contributed by atoms with E-state index in [1.807, 2.05) is 6.07 Å². The third-order valence-corrected chi connectivity index (χ3v) is 2.20. The number of carboxylic acid groups (broad SMARTS) is 1. The maximum atomic E-state index is 11.7. The second-order valence-corrected chi connectivity index (χ2v) is 3.46. The molecule has 90 valence electrons. The molecule has 0 heterocycles. The average molecular weight is 242 g/mol. The summed E-state index contributed by atoms with van der Waals surface area (Å²) in [4.78, 5) is 22.5. The molecule has 0 radical (unpaired) electrons. The summed E-state index contributed by atoms with van der Waals surface area (Å²) in [6.07, 6.45) is 4.93. The van der Waals surface area contributed by atoms with Crippen molar-refractivity contribution < 1.29 is 14.7 Å². The number of nitriles is 1. The number of terminal acetylenes is 1. The van der Waals surface area contributed by atoms with Crippen molar-refractivity contribution in [1.29, 1.82) is 5.26 Å². The van der Waals surface area contributed by atoms with E-state index in [-0.39, 0.29) is 12.0 Å². The summed E-state index contributed by atoms with van der Waals surface area (Å²) < 4.78 is 0. The van der Waals surface area contributed by atoms with Crippen LogP contribution >= 0.6 is 0 Å². The predicted molar refractivity (Wildman–Crippen MR) is 63.5 cm³/mol. The Kier molecular flexibility index (Phi) is 4.48. The predicted octanol–water partition coefficient (Wildman–Crippen LogP) is 0.765. The van der Waals surface area contributed by atoms with Crippen LogP contribution in [0.15, 0.2) is 24.3 Å². The van der Waals surface area contributed by atoms with Gasteiger partial charge in [0.25, 0.3) is 5.91 Å². The van der Waals surface area contributed by atoms with Crippen LogP contribution in [0.1, 0.15) is 22.3 Å². The second-order valence-electron chi connectivity index (χ2n) is 3.46. The Hall–Kier alpha value is -2.79. The van der Waals surface area contributed by atoms with E-state index in [0.29, 0.717) is 5.56 Å². The molecule has 5 nitrogen and oxygen atoms in total. The van der Waals surface area contributed by atoms with Crippen molar-refractivity contribution in [3.63, 3.8) is 0 Å². The molecule has 0 aliphatic heterocycles. The fourth-order valence-corrected chi connectivity index (χ4v) is 1.26. The first kappa shape index (κ1) is 13.3. The van der Waals surface area contributed by atoms with Crippen LogP contribution < -0.4 is 5.32 Å². The van der Waals surface area contributed by atoms with Crippen molar-refractivity contribution in [1.82, 2.24) is 5.32 Å². The van der Waals surface area contributed by atoms with Crippen LogP contribution in [0.5, 0.6) is 0 Å². The van der Waals surface area contributed by atoms with E-state index in [9.17, 15) is 9.59 Å². The lowest BCUT2D eigenvalue weighted by molar-refractivity contribution is -0.139. The van der Waals surface area contributed by atoms with Crippen molar-refractivity contribution >= 4 is 11.9 Å². The van der Waals surface area contributed by atoms with Gasteiger partial charge in [0.15, 0.2) is 0 Å². The summed E-state index contributed by atoms with van der Waals surface area (Å²) in [5.41, 5.74) is 0.697. The molecule has 0 fully saturated rings. The Bertz CT molecular complexity index is 535. The molecule has 0 saturated carbocycles. The third-order valence-electron chi connectivity index (χ3n) is 2.20. The van der Waals surface area contributed by atoms with Crippen LogP contribution in [0.4, 0.5) is 0 Å². The number of nitrogens with zero attached hydrogens (tertiary/aromatic N) is 1. The van der Waals surface area contributed by atoms with Gasteiger partial charge in [-0.3, -0.25) is 4.79 Å². The first-order valence-electron chi connectivity index (χ1n) is 5.05. The van der Waals surface area contributed by atoms with Gasteiger partial charge < -0.3 is 10.4 Å². The van der Waals surface area contributed by atoms with Crippen molar-refractivity contribution in [3.05, 3.63) is 35.4 Å². The molecule has 1 aromatic carbocycles. The number of nitrogens with one attached hydrogen (secondary N) is 1. The number of carbonyl (C=O) groups excluding carboxylic acids is 1. The van der Waals surface area contributed by atoms with Gasteiger partial charge in [-0.15, -0.1) is 12.3 Å². The van der Waals surface area contributed by atoms with Gasteiger partial charge in [-0.2, -0.15) is 5.26 Å². The van der Waals surface area contributed by atoms with Gasteiger partial charge >= 0.3 is 5.97 Å². The second kappa shape index (κ2) is 6.07. The topological polar surface area (TPSA) is 90.2 Å². The number of carboxylic acids is 1. The molecule has 1 aromatic rings. The van der Waals surface area contributed by atoms with Crippen LogP contribution in [0.3, 0.4) is 0 Å². The summed E-state index contributed by atoms with van der Waals surface area (Å²) in [5.74, 6) is 0.461. The summed E-state index contributed by atoms with van der Waals surface area (Å²) >= 11 is 0. The Morgan fingerprint density at radius 2 is 2.00 bits per heavy atom. The molecule has 0 saturated heterocycles. The van der Waals surface area contributed by atoms with Gasteiger partial charge in [0, 0.05) is 12.0 Å². The summed E-state index contributed by atoms with van der Waals surface area (Å²) in [7, 11) is 0. The fraction of sp³-hybridized carbons (Fsp3) is 0.154. The van der Waals surface area contributed by atoms with Crippen LogP contribution in [-0.4, -0.2) is 23.0 Å². The lowest BCUT2D eigenvalue weighted by Gasteiger charge is -2.11. The number of carbonyl (C=O) groups is 2. The third kappa shape index (κ3) is 3.36. The Balaban J connectivity index is 2.78. The molecule has 1 amide bonds. The molecule has 18 heavy (non-hydrogen) atoms. The zero-order valence-electron chi connectivity index (χ0n) is 9.38. The molecule has 0 aromatic heterocycles. The minimum Gasteiger partial charge on any atom is -0.480 e. The van der Waals surface area contributed by atoms with Crippen molar-refractivity contribution in [2.24, 2.45) is 0 Å². The van der Waals surface area contributed by atoms with Gasteiger partial charge in [0.1, 0.15) is 6.04 Å². The normalized spacial score (nSPS) is 10.8. The van der Waals surface area contributed by atoms with Gasteiger partial charge in [-0.1, -0.05) is 0 Å². The molecular formula is C13H10N2O3. The van der Waals surface area contributed by atoms with Crippen LogP contribution in [0.2, 0.25) is 0 Å². The smallest absolute Gasteiger partial charge is 0.327 e. The molecule has 1 atom stereocenters. The monoisotopic (exact) mass is 242 g/mol. The molecule has 1 rings (SSSR count). The Morgan fingerprint density at radius 1 is 1.39 bits per heavy atom. The number of rotatable bonds is 4. The zero-order valence-corrected chi connectivity index (χ0v) is 9.38. The number of benzene rings is 1. The SMILES string of the molecule is C#CCC(NC(=O)c1ccc(C#N)cc1)C(=O)O. The quantitative estimate of drug-likeness (QED) is 0.763. The molecule has 0 aliphatic rings. The van der Waals surface area contributed by atoms with Crippen LogP contribution in [-0.2, 0) is 4.79 Å². The van der Waals surface area contributed by atoms with E-state index < -0.39 is 17.9 Å². The molecule has 5 heteroatoms. The Morgan fingerprint density at radius 3 is 2.44 bits per heavy atom. The number of amides is 1. The highest BCUT2D eigenvalue weighted by Gasteiger charge is 2.19. The zero-order chi connectivity index (χ0) is 13.5. The summed E-state index contributed by atoms with van der Waals surface area (Å²) in [5, 5.41) is 19.7. The summed E-state index contributed by atoms with van der Waals surface area (Å²) in [6, 6.07) is 6.66. The van der Waals surface area contributed by atoms with E-state index in [2.05, 4.69) is 11.2 Å². The minimum absolute atomic E-state index is 0.0860. The molecule has 0 aliphatic carbocycles. The lowest BCUT2D eigenvalue weighted by Crippen LogP contribution is -2.40.